The minimum atomic E-state index is -4.12. The van der Waals surface area contributed by atoms with Gasteiger partial charge in [-0.15, -0.1) is 0 Å². The van der Waals surface area contributed by atoms with Crippen LogP contribution >= 0.6 is 27.5 Å². The molecule has 0 aliphatic rings. The van der Waals surface area contributed by atoms with Crippen molar-refractivity contribution in [1.82, 2.24) is 0 Å². The molecule has 0 radical (unpaired) electrons. The number of anilines is 2. The maximum Gasteiger partial charge on any atom is 0.271 e. The Kier molecular flexibility index (Phi) is 6.40. The van der Waals surface area contributed by atoms with Crippen molar-refractivity contribution in [2.24, 2.45) is 0 Å². The first-order valence-corrected chi connectivity index (χ1v) is 10.9. The number of halogens is 2. The zero-order valence-electron chi connectivity index (χ0n) is 15.0. The number of sulfonamides is 1. The van der Waals surface area contributed by atoms with Gasteiger partial charge in [-0.25, -0.2) is 8.42 Å². The number of carbonyl (C=O) groups excluding carboxylic acids is 1. The van der Waals surface area contributed by atoms with Gasteiger partial charge >= 0.3 is 0 Å². The zero-order chi connectivity index (χ0) is 21.9. The molecular formula is C19H13BrClN3O5S. The first-order chi connectivity index (χ1) is 14.2. The molecule has 0 spiro atoms. The maximum absolute atomic E-state index is 12.7. The van der Waals surface area contributed by atoms with E-state index in [1.807, 2.05) is 0 Å². The van der Waals surface area contributed by atoms with Crippen LogP contribution in [0.2, 0.25) is 5.02 Å². The summed E-state index contributed by atoms with van der Waals surface area (Å²) < 4.78 is 28.5. The van der Waals surface area contributed by atoms with Crippen LogP contribution < -0.4 is 10.0 Å². The third-order valence-electron chi connectivity index (χ3n) is 3.90. The van der Waals surface area contributed by atoms with Crippen LogP contribution in [0.5, 0.6) is 0 Å². The second-order valence-corrected chi connectivity index (χ2v) is 9.02. The average Bonchev–Trinajstić information content (AvgIpc) is 2.69. The fraction of sp³-hybridized carbons (Fsp3) is 0. The molecule has 0 bridgehead atoms. The predicted molar refractivity (Wildman–Crippen MR) is 117 cm³/mol. The highest BCUT2D eigenvalue weighted by Gasteiger charge is 2.20. The van der Waals surface area contributed by atoms with Gasteiger partial charge in [-0.1, -0.05) is 33.6 Å². The van der Waals surface area contributed by atoms with Gasteiger partial charge in [0.15, 0.2) is 0 Å². The highest BCUT2D eigenvalue weighted by Crippen LogP contribution is 2.25. The van der Waals surface area contributed by atoms with E-state index >= 15 is 0 Å². The van der Waals surface area contributed by atoms with Gasteiger partial charge in [0.05, 0.1) is 26.1 Å². The van der Waals surface area contributed by atoms with Crippen molar-refractivity contribution < 1.29 is 18.1 Å². The van der Waals surface area contributed by atoms with Gasteiger partial charge in [0.25, 0.3) is 21.6 Å². The molecule has 3 aromatic carbocycles. The van der Waals surface area contributed by atoms with Crippen molar-refractivity contribution in [3.63, 3.8) is 0 Å². The van der Waals surface area contributed by atoms with Crippen molar-refractivity contribution >= 4 is 60.5 Å². The summed E-state index contributed by atoms with van der Waals surface area (Å²) in [4.78, 5) is 22.6. The minimum absolute atomic E-state index is 0.0139. The Morgan fingerprint density at radius 1 is 1.00 bits per heavy atom. The van der Waals surface area contributed by atoms with E-state index in [0.29, 0.717) is 5.69 Å². The smallest absolute Gasteiger partial charge is 0.271 e. The molecule has 2 N–H and O–H groups in total. The number of hydrogen-bond donors (Lipinski definition) is 2. The Hall–Kier alpha value is -2.95. The first kappa shape index (κ1) is 21.8. The Morgan fingerprint density at radius 3 is 2.37 bits per heavy atom. The summed E-state index contributed by atoms with van der Waals surface area (Å²) in [6.45, 7) is 0. The Bertz CT molecular complexity index is 1230. The summed E-state index contributed by atoms with van der Waals surface area (Å²) in [5.74, 6) is -0.588. The first-order valence-electron chi connectivity index (χ1n) is 8.29. The van der Waals surface area contributed by atoms with Crippen LogP contribution in [-0.4, -0.2) is 19.2 Å². The van der Waals surface area contributed by atoms with Crippen molar-refractivity contribution in [3.8, 4) is 0 Å². The van der Waals surface area contributed by atoms with Gasteiger partial charge in [-0.3, -0.25) is 19.6 Å². The zero-order valence-corrected chi connectivity index (χ0v) is 18.2. The molecule has 3 aromatic rings. The summed E-state index contributed by atoms with van der Waals surface area (Å²) in [5.41, 5.74) is 0.213. The van der Waals surface area contributed by atoms with Crippen LogP contribution in [0.1, 0.15) is 10.4 Å². The molecule has 0 heterocycles. The second kappa shape index (κ2) is 8.82. The lowest BCUT2D eigenvalue weighted by molar-refractivity contribution is -0.384. The van der Waals surface area contributed by atoms with Crippen molar-refractivity contribution in [1.29, 1.82) is 0 Å². The molecule has 0 fully saturated rings. The van der Waals surface area contributed by atoms with E-state index in [2.05, 4.69) is 26.0 Å². The maximum atomic E-state index is 12.7. The fourth-order valence-electron chi connectivity index (χ4n) is 2.47. The topological polar surface area (TPSA) is 118 Å². The number of nitrogens with zero attached hydrogens (tertiary/aromatic N) is 1. The van der Waals surface area contributed by atoms with Gasteiger partial charge in [0, 0.05) is 22.3 Å². The molecule has 11 heteroatoms. The number of amides is 1. The van der Waals surface area contributed by atoms with Gasteiger partial charge in [0.1, 0.15) is 0 Å². The molecule has 1 amide bonds. The second-order valence-electron chi connectivity index (χ2n) is 6.02. The van der Waals surface area contributed by atoms with Crippen LogP contribution in [-0.2, 0) is 10.0 Å². The summed E-state index contributed by atoms with van der Waals surface area (Å²) in [5, 5.41) is 13.6. The normalized spacial score (nSPS) is 11.0. The van der Waals surface area contributed by atoms with E-state index in [4.69, 9.17) is 11.6 Å². The number of nitro benzene ring substituents is 1. The van der Waals surface area contributed by atoms with Gasteiger partial charge in [0.2, 0.25) is 0 Å². The predicted octanol–water partition coefficient (Wildman–Crippen LogP) is 5.06. The number of rotatable bonds is 6. The summed E-state index contributed by atoms with van der Waals surface area (Å²) in [6, 6.07) is 15.5. The lowest BCUT2D eigenvalue weighted by atomic mass is 10.2. The molecule has 0 saturated carbocycles. The molecular weight excluding hydrogens is 498 g/mol. The molecule has 0 unspecified atom stereocenters. The van der Waals surface area contributed by atoms with Gasteiger partial charge in [-0.2, -0.15) is 0 Å². The minimum Gasteiger partial charge on any atom is -0.322 e. The third kappa shape index (κ3) is 5.15. The number of nitro groups is 1. The molecule has 0 aliphatic carbocycles. The average molecular weight is 511 g/mol. The standard InChI is InChI=1S/C19H13BrClN3O5S/c20-12-4-6-13(7-5-12)22-19(25)17-11-16(8-9-18(17)21)30(28,29)23-14-2-1-3-15(10-14)24(26)27/h1-11,23H,(H,22,25). The van der Waals surface area contributed by atoms with Crippen LogP contribution in [0.3, 0.4) is 0 Å². The van der Waals surface area contributed by atoms with E-state index in [1.54, 1.807) is 24.3 Å². The summed E-state index contributed by atoms with van der Waals surface area (Å²) in [7, 11) is -4.12. The largest absolute Gasteiger partial charge is 0.322 e. The molecule has 30 heavy (non-hydrogen) atoms. The van der Waals surface area contributed by atoms with Crippen molar-refractivity contribution in [2.45, 2.75) is 4.90 Å². The summed E-state index contributed by atoms with van der Waals surface area (Å²) >= 11 is 9.38. The van der Waals surface area contributed by atoms with E-state index in [-0.39, 0.29) is 26.9 Å². The number of carbonyl (C=O) groups is 1. The molecule has 0 saturated heterocycles. The van der Waals surface area contributed by atoms with Crippen LogP contribution in [0.15, 0.2) is 76.1 Å². The highest BCUT2D eigenvalue weighted by molar-refractivity contribution is 9.10. The van der Waals surface area contributed by atoms with E-state index in [9.17, 15) is 23.3 Å². The molecule has 3 rings (SSSR count). The highest BCUT2D eigenvalue weighted by atomic mass is 79.9. The third-order valence-corrected chi connectivity index (χ3v) is 6.14. The quantitative estimate of drug-likeness (QED) is 0.355. The molecule has 154 valence electrons. The van der Waals surface area contributed by atoms with Crippen LogP contribution in [0.4, 0.5) is 17.1 Å². The van der Waals surface area contributed by atoms with E-state index < -0.39 is 20.9 Å². The SMILES string of the molecule is O=C(Nc1ccc(Br)cc1)c1cc(S(=O)(=O)Nc2cccc([N+](=O)[O-])c2)ccc1Cl. The fourth-order valence-corrected chi connectivity index (χ4v) is 4.02. The lowest BCUT2D eigenvalue weighted by Gasteiger charge is -2.11. The lowest BCUT2D eigenvalue weighted by Crippen LogP contribution is -2.16. The Morgan fingerprint density at radius 2 is 1.70 bits per heavy atom. The number of non-ortho nitro benzene ring substituents is 1. The van der Waals surface area contributed by atoms with Crippen LogP contribution in [0.25, 0.3) is 0 Å². The molecule has 8 nitrogen and oxygen atoms in total. The monoisotopic (exact) mass is 509 g/mol. The van der Waals surface area contributed by atoms with Crippen LogP contribution in [0, 0.1) is 10.1 Å². The Balaban J connectivity index is 1.87. The van der Waals surface area contributed by atoms with Crippen molar-refractivity contribution in [2.75, 3.05) is 10.0 Å². The van der Waals surface area contributed by atoms with E-state index in [0.717, 1.165) is 16.6 Å². The van der Waals surface area contributed by atoms with Gasteiger partial charge in [-0.05, 0) is 48.5 Å². The molecule has 0 atom stereocenters. The number of hydrogen-bond acceptors (Lipinski definition) is 5. The number of benzene rings is 3. The Labute approximate surface area is 185 Å². The van der Waals surface area contributed by atoms with E-state index in [1.165, 1.54) is 30.3 Å². The molecule has 0 aliphatic heterocycles. The summed E-state index contributed by atoms with van der Waals surface area (Å²) in [6.07, 6.45) is 0. The molecule has 0 aromatic heterocycles. The van der Waals surface area contributed by atoms with Gasteiger partial charge < -0.3 is 5.32 Å². The van der Waals surface area contributed by atoms with Crippen molar-refractivity contribution in [3.05, 3.63) is 91.9 Å². The number of nitrogens with one attached hydrogen (secondary N) is 2.